The number of rotatable bonds is 2. The molecule has 0 amide bonds. The molecule has 0 aliphatic rings. The first kappa shape index (κ1) is 9.66. The summed E-state index contributed by atoms with van der Waals surface area (Å²) >= 11 is 4.77. The second-order valence-electron chi connectivity index (χ2n) is 2.60. The highest BCUT2D eigenvalue weighted by Crippen LogP contribution is 2.12. The fraction of sp³-hybridized carbons (Fsp3) is 0.286. The van der Waals surface area contributed by atoms with Crippen molar-refractivity contribution in [1.82, 2.24) is 9.97 Å². The number of nitrogens with zero attached hydrogens (tertiary/aromatic N) is 1. The Balaban J connectivity index is 3.20. The maximum absolute atomic E-state index is 10.4. The third-order valence-electron chi connectivity index (χ3n) is 1.61. The van der Waals surface area contributed by atoms with Gasteiger partial charge >= 0.3 is 5.97 Å². The van der Waals surface area contributed by atoms with E-state index < -0.39 is 5.97 Å². The number of nitrogens with two attached hydrogens (primary N) is 1. The minimum atomic E-state index is -0.942. The van der Waals surface area contributed by atoms with Gasteiger partial charge in [-0.1, -0.05) is 0 Å². The van der Waals surface area contributed by atoms with E-state index in [-0.39, 0.29) is 17.0 Å². The zero-order valence-corrected chi connectivity index (χ0v) is 7.81. The van der Waals surface area contributed by atoms with Crippen LogP contribution in [0.3, 0.4) is 0 Å². The molecule has 1 aromatic rings. The van der Waals surface area contributed by atoms with Crippen molar-refractivity contribution in [3.63, 3.8) is 0 Å². The lowest BCUT2D eigenvalue weighted by Gasteiger charge is -2.05. The Morgan fingerprint density at radius 2 is 2.38 bits per heavy atom. The van der Waals surface area contributed by atoms with Crippen LogP contribution in [-0.4, -0.2) is 21.0 Å². The van der Waals surface area contributed by atoms with E-state index in [0.29, 0.717) is 11.3 Å². The van der Waals surface area contributed by atoms with Crippen LogP contribution in [0.5, 0.6) is 0 Å². The van der Waals surface area contributed by atoms with E-state index in [9.17, 15) is 4.79 Å². The molecule has 0 aromatic carbocycles. The smallest absolute Gasteiger partial charge is 0.308 e. The molecular formula is C7H9N3O2S. The number of carbonyl (C=O) groups is 1. The molecule has 70 valence electrons. The number of H-pyrrole nitrogens is 1. The first-order valence-corrected chi connectivity index (χ1v) is 3.98. The highest BCUT2D eigenvalue weighted by Gasteiger charge is 2.09. The number of aliphatic carboxylic acids is 1. The van der Waals surface area contributed by atoms with Crippen molar-refractivity contribution in [1.29, 1.82) is 0 Å². The number of nitrogens with one attached hydrogen (secondary N) is 1. The topological polar surface area (TPSA) is 92.0 Å². The highest BCUT2D eigenvalue weighted by atomic mass is 32.1. The zero-order valence-electron chi connectivity index (χ0n) is 7.00. The number of nitrogen functional groups attached to an aromatic ring is 1. The molecule has 6 heteroatoms. The SMILES string of the molecule is Cc1[nH]c(=S)nc(N)c1CC(=O)O. The molecular weight excluding hydrogens is 190 g/mol. The number of hydrogen-bond acceptors (Lipinski definition) is 4. The van der Waals surface area contributed by atoms with Crippen LogP contribution in [-0.2, 0) is 11.2 Å². The fourth-order valence-electron chi connectivity index (χ4n) is 1.01. The van der Waals surface area contributed by atoms with Crippen LogP contribution in [0.4, 0.5) is 5.82 Å². The second kappa shape index (κ2) is 3.53. The van der Waals surface area contributed by atoms with Crippen LogP contribution in [0.2, 0.25) is 0 Å². The molecule has 0 aliphatic carbocycles. The number of aryl methyl sites for hydroxylation is 1. The third-order valence-corrected chi connectivity index (χ3v) is 1.80. The number of aromatic nitrogens is 2. The summed E-state index contributed by atoms with van der Waals surface area (Å²) in [6.07, 6.45) is -0.142. The van der Waals surface area contributed by atoms with Gasteiger partial charge in [0, 0.05) is 11.3 Å². The van der Waals surface area contributed by atoms with E-state index in [0.717, 1.165) is 0 Å². The van der Waals surface area contributed by atoms with Gasteiger partial charge in [0.25, 0.3) is 0 Å². The van der Waals surface area contributed by atoms with E-state index in [1.807, 2.05) is 0 Å². The fourth-order valence-corrected chi connectivity index (χ4v) is 1.26. The highest BCUT2D eigenvalue weighted by molar-refractivity contribution is 7.71. The lowest BCUT2D eigenvalue weighted by molar-refractivity contribution is -0.136. The van der Waals surface area contributed by atoms with Gasteiger partial charge in [-0.2, -0.15) is 0 Å². The molecule has 5 nitrogen and oxygen atoms in total. The predicted molar refractivity (Wildman–Crippen MR) is 49.9 cm³/mol. The minimum Gasteiger partial charge on any atom is -0.481 e. The lowest BCUT2D eigenvalue weighted by atomic mass is 10.1. The largest absolute Gasteiger partial charge is 0.481 e. The van der Waals surface area contributed by atoms with Gasteiger partial charge in [0.1, 0.15) is 5.82 Å². The molecule has 0 radical (unpaired) electrons. The van der Waals surface area contributed by atoms with Crippen LogP contribution in [0.15, 0.2) is 0 Å². The van der Waals surface area contributed by atoms with Crippen LogP contribution in [0.25, 0.3) is 0 Å². The van der Waals surface area contributed by atoms with Gasteiger partial charge in [0.2, 0.25) is 0 Å². The first-order chi connectivity index (χ1) is 6.00. The Morgan fingerprint density at radius 1 is 1.77 bits per heavy atom. The monoisotopic (exact) mass is 199 g/mol. The Bertz CT molecular complexity index is 373. The summed E-state index contributed by atoms with van der Waals surface area (Å²) in [5.74, 6) is -0.759. The summed E-state index contributed by atoms with van der Waals surface area (Å²) in [5, 5.41) is 8.56. The van der Waals surface area contributed by atoms with Gasteiger partial charge in [-0.15, -0.1) is 0 Å². The van der Waals surface area contributed by atoms with Crippen LogP contribution in [0.1, 0.15) is 11.3 Å². The molecule has 0 saturated carbocycles. The number of aromatic amines is 1. The molecule has 0 bridgehead atoms. The molecule has 0 atom stereocenters. The summed E-state index contributed by atoms with van der Waals surface area (Å²) in [6.45, 7) is 1.71. The third kappa shape index (κ3) is 2.25. The van der Waals surface area contributed by atoms with Crippen molar-refractivity contribution in [2.75, 3.05) is 5.73 Å². The Hall–Kier alpha value is -1.43. The van der Waals surface area contributed by atoms with Crippen LogP contribution in [0, 0.1) is 11.7 Å². The average Bonchev–Trinajstić information content (AvgIpc) is 1.96. The molecule has 0 saturated heterocycles. The zero-order chi connectivity index (χ0) is 10.0. The van der Waals surface area contributed by atoms with Crippen molar-refractivity contribution in [3.8, 4) is 0 Å². The number of carboxylic acids is 1. The Morgan fingerprint density at radius 3 is 2.85 bits per heavy atom. The molecule has 13 heavy (non-hydrogen) atoms. The number of carboxylic acid groups (broad SMARTS) is 1. The number of hydrogen-bond donors (Lipinski definition) is 3. The van der Waals surface area contributed by atoms with E-state index >= 15 is 0 Å². The molecule has 1 aromatic heterocycles. The van der Waals surface area contributed by atoms with Crippen molar-refractivity contribution in [2.45, 2.75) is 13.3 Å². The van der Waals surface area contributed by atoms with Crippen molar-refractivity contribution in [2.24, 2.45) is 0 Å². The predicted octanol–water partition coefficient (Wildman–Crippen LogP) is 0.657. The maximum atomic E-state index is 10.4. The van der Waals surface area contributed by atoms with Gasteiger partial charge in [-0.05, 0) is 19.1 Å². The van der Waals surface area contributed by atoms with E-state index in [1.54, 1.807) is 6.92 Å². The summed E-state index contributed by atoms with van der Waals surface area (Å²) in [6, 6.07) is 0. The van der Waals surface area contributed by atoms with Gasteiger partial charge in [0.15, 0.2) is 4.77 Å². The normalized spacial score (nSPS) is 9.92. The molecule has 0 unspecified atom stereocenters. The quantitative estimate of drug-likeness (QED) is 0.608. The van der Waals surface area contributed by atoms with Crippen LogP contribution < -0.4 is 5.73 Å². The van der Waals surface area contributed by atoms with Gasteiger partial charge in [-0.3, -0.25) is 4.79 Å². The second-order valence-corrected chi connectivity index (χ2v) is 2.99. The molecule has 0 aliphatic heterocycles. The minimum absolute atomic E-state index is 0.142. The van der Waals surface area contributed by atoms with E-state index in [2.05, 4.69) is 9.97 Å². The summed E-state index contributed by atoms with van der Waals surface area (Å²) in [5.41, 5.74) is 6.65. The standard InChI is InChI=1S/C7H9N3O2S/c1-3-4(2-5(11)12)6(8)10-7(13)9-3/h2H2,1H3,(H,11,12)(H3,8,9,10,13). The van der Waals surface area contributed by atoms with Crippen molar-refractivity contribution >= 4 is 24.0 Å². The average molecular weight is 199 g/mol. The molecule has 1 rings (SSSR count). The van der Waals surface area contributed by atoms with Gasteiger partial charge in [-0.25, -0.2) is 4.98 Å². The summed E-state index contributed by atoms with van der Waals surface area (Å²) < 4.78 is 0.268. The number of anilines is 1. The molecule has 0 fully saturated rings. The molecule has 0 spiro atoms. The lowest BCUT2D eigenvalue weighted by Crippen LogP contribution is -2.09. The van der Waals surface area contributed by atoms with Crippen LogP contribution >= 0.6 is 12.2 Å². The molecule has 1 heterocycles. The van der Waals surface area contributed by atoms with Crippen molar-refractivity contribution < 1.29 is 9.90 Å². The van der Waals surface area contributed by atoms with Gasteiger partial charge in [0.05, 0.1) is 6.42 Å². The summed E-state index contributed by atoms with van der Waals surface area (Å²) in [4.78, 5) is 16.9. The summed E-state index contributed by atoms with van der Waals surface area (Å²) in [7, 11) is 0. The maximum Gasteiger partial charge on any atom is 0.308 e. The van der Waals surface area contributed by atoms with E-state index in [4.69, 9.17) is 23.1 Å². The Labute approximate surface area is 79.6 Å². The Kier molecular flexibility index (Phi) is 2.62. The first-order valence-electron chi connectivity index (χ1n) is 3.57. The van der Waals surface area contributed by atoms with Crippen molar-refractivity contribution in [3.05, 3.63) is 16.0 Å². The van der Waals surface area contributed by atoms with E-state index in [1.165, 1.54) is 0 Å². The molecule has 4 N–H and O–H groups in total. The van der Waals surface area contributed by atoms with Gasteiger partial charge < -0.3 is 15.8 Å².